The van der Waals surface area contributed by atoms with Gasteiger partial charge in [-0.25, -0.2) is 4.79 Å². The van der Waals surface area contributed by atoms with E-state index < -0.39 is 0 Å². The van der Waals surface area contributed by atoms with Gasteiger partial charge < -0.3 is 14.8 Å². The highest BCUT2D eigenvalue weighted by molar-refractivity contribution is 5.87. The van der Waals surface area contributed by atoms with Crippen LogP contribution >= 0.6 is 0 Å². The summed E-state index contributed by atoms with van der Waals surface area (Å²) in [5, 5.41) is 10.5. The number of benzene rings is 1. The number of nitrogens with zero attached hydrogens (tertiary/aromatic N) is 1. The van der Waals surface area contributed by atoms with E-state index in [9.17, 15) is 9.90 Å². The minimum Gasteiger partial charge on any atom is -0.464 e. The molecule has 1 atom stereocenters. The number of carbonyl (C=O) groups is 1. The summed E-state index contributed by atoms with van der Waals surface area (Å²) in [5.41, 5.74) is 2.57. The third-order valence-corrected chi connectivity index (χ3v) is 4.77. The van der Waals surface area contributed by atoms with Crippen molar-refractivity contribution >= 4 is 5.97 Å². The lowest BCUT2D eigenvalue weighted by molar-refractivity contribution is 0.0566. The molecular formula is C19H24N2O3. The molecule has 1 aliphatic rings. The van der Waals surface area contributed by atoms with E-state index in [1.54, 1.807) is 0 Å². The van der Waals surface area contributed by atoms with Gasteiger partial charge in [-0.1, -0.05) is 30.3 Å². The fourth-order valence-electron chi connectivity index (χ4n) is 3.37. The highest BCUT2D eigenvalue weighted by Crippen LogP contribution is 2.31. The molecule has 0 spiro atoms. The maximum Gasteiger partial charge on any atom is 0.354 e. The largest absolute Gasteiger partial charge is 0.464 e. The van der Waals surface area contributed by atoms with Crippen molar-refractivity contribution < 1.29 is 14.6 Å². The number of aliphatic hydroxyl groups is 1. The summed E-state index contributed by atoms with van der Waals surface area (Å²) in [6.07, 6.45) is 3.43. The zero-order chi connectivity index (χ0) is 16.9. The second-order valence-electron chi connectivity index (χ2n) is 6.38. The maximum atomic E-state index is 11.5. The van der Waals surface area contributed by atoms with Crippen molar-refractivity contribution in [3.05, 3.63) is 59.4 Å². The molecule has 1 unspecified atom stereocenters. The second kappa shape index (κ2) is 7.64. The van der Waals surface area contributed by atoms with Gasteiger partial charge in [-0.15, -0.1) is 0 Å². The van der Waals surface area contributed by atoms with Gasteiger partial charge in [0.05, 0.1) is 13.2 Å². The van der Waals surface area contributed by atoms with Gasteiger partial charge in [0.15, 0.2) is 0 Å². The highest BCUT2D eigenvalue weighted by atomic mass is 16.5. The van der Waals surface area contributed by atoms with Crippen LogP contribution in [0.15, 0.2) is 42.6 Å². The number of carbonyl (C=O) groups excluding carboxylic acids is 1. The number of aromatic amines is 1. The number of hydrogen-bond acceptors (Lipinski definition) is 4. The van der Waals surface area contributed by atoms with Crippen LogP contribution in [0.4, 0.5) is 0 Å². The molecule has 128 valence electrons. The first kappa shape index (κ1) is 16.7. The average Bonchev–Trinajstić information content (AvgIpc) is 3.10. The van der Waals surface area contributed by atoms with E-state index in [2.05, 4.69) is 9.88 Å². The van der Waals surface area contributed by atoms with Crippen molar-refractivity contribution in [3.8, 4) is 0 Å². The number of hydrogen-bond donors (Lipinski definition) is 2. The van der Waals surface area contributed by atoms with Crippen molar-refractivity contribution in [3.63, 3.8) is 0 Å². The van der Waals surface area contributed by atoms with Crippen LogP contribution in [-0.4, -0.2) is 41.2 Å². The standard InChI is InChI=1S/C19H24N2O3/c1-24-19(23)17-11-14(12-20-17)13-21-9-7-16(8-10-21)18(22)15-5-3-2-4-6-15/h2-6,11-12,16,18,20,22H,7-10,13H2,1H3. The van der Waals surface area contributed by atoms with Crippen LogP contribution in [0.25, 0.3) is 0 Å². The van der Waals surface area contributed by atoms with E-state index in [0.29, 0.717) is 11.6 Å². The molecule has 2 heterocycles. The van der Waals surface area contributed by atoms with E-state index in [4.69, 9.17) is 4.74 Å². The van der Waals surface area contributed by atoms with Gasteiger partial charge in [0.2, 0.25) is 0 Å². The number of likely N-dealkylation sites (tertiary alicyclic amines) is 1. The Bertz CT molecular complexity index is 660. The molecule has 1 aromatic carbocycles. The zero-order valence-electron chi connectivity index (χ0n) is 13.9. The molecule has 3 rings (SSSR count). The number of aromatic nitrogens is 1. The van der Waals surface area contributed by atoms with Gasteiger partial charge in [-0.2, -0.15) is 0 Å². The maximum absolute atomic E-state index is 11.5. The predicted molar refractivity (Wildman–Crippen MR) is 91.5 cm³/mol. The third-order valence-electron chi connectivity index (χ3n) is 4.77. The van der Waals surface area contributed by atoms with Crippen LogP contribution in [-0.2, 0) is 11.3 Å². The van der Waals surface area contributed by atoms with Gasteiger partial charge in [0.1, 0.15) is 5.69 Å². The summed E-state index contributed by atoms with van der Waals surface area (Å²) in [6.45, 7) is 2.71. The van der Waals surface area contributed by atoms with Crippen molar-refractivity contribution in [2.75, 3.05) is 20.2 Å². The van der Waals surface area contributed by atoms with Crippen molar-refractivity contribution in [1.29, 1.82) is 0 Å². The monoisotopic (exact) mass is 328 g/mol. The molecule has 2 aromatic rings. The number of esters is 1. The summed E-state index contributed by atoms with van der Waals surface area (Å²) in [7, 11) is 1.38. The second-order valence-corrected chi connectivity index (χ2v) is 6.38. The summed E-state index contributed by atoms with van der Waals surface area (Å²) < 4.78 is 4.71. The Labute approximate surface area is 142 Å². The van der Waals surface area contributed by atoms with E-state index in [0.717, 1.165) is 43.6 Å². The quantitative estimate of drug-likeness (QED) is 0.828. The van der Waals surface area contributed by atoms with Crippen LogP contribution in [0, 0.1) is 5.92 Å². The Morgan fingerprint density at radius 1 is 1.33 bits per heavy atom. The molecule has 2 N–H and O–H groups in total. The Morgan fingerprint density at radius 3 is 2.71 bits per heavy atom. The normalized spacial score (nSPS) is 17.6. The number of piperidine rings is 1. The predicted octanol–water partition coefficient (Wildman–Crippen LogP) is 2.75. The van der Waals surface area contributed by atoms with E-state index in [-0.39, 0.29) is 12.1 Å². The number of rotatable bonds is 5. The SMILES string of the molecule is COC(=O)c1cc(CN2CCC(C(O)c3ccccc3)CC2)c[nH]1. The van der Waals surface area contributed by atoms with Gasteiger partial charge in [-0.05, 0) is 49.0 Å². The number of nitrogens with one attached hydrogen (secondary N) is 1. The van der Waals surface area contributed by atoms with Crippen molar-refractivity contribution in [1.82, 2.24) is 9.88 Å². The molecule has 5 nitrogen and oxygen atoms in total. The summed E-state index contributed by atoms with van der Waals surface area (Å²) in [4.78, 5) is 16.8. The molecule has 0 bridgehead atoms. The van der Waals surface area contributed by atoms with Crippen LogP contribution in [0.3, 0.4) is 0 Å². The van der Waals surface area contributed by atoms with Gasteiger partial charge >= 0.3 is 5.97 Å². The molecule has 24 heavy (non-hydrogen) atoms. The fourth-order valence-corrected chi connectivity index (χ4v) is 3.37. The average molecular weight is 328 g/mol. The molecule has 0 aliphatic carbocycles. The number of aliphatic hydroxyl groups excluding tert-OH is 1. The van der Waals surface area contributed by atoms with Gasteiger partial charge in [-0.3, -0.25) is 4.90 Å². The fraction of sp³-hybridized carbons (Fsp3) is 0.421. The molecule has 0 saturated carbocycles. The van der Waals surface area contributed by atoms with Crippen LogP contribution in [0.5, 0.6) is 0 Å². The van der Waals surface area contributed by atoms with Crippen molar-refractivity contribution in [2.45, 2.75) is 25.5 Å². The van der Waals surface area contributed by atoms with Crippen LogP contribution < -0.4 is 0 Å². The molecule has 1 fully saturated rings. The Kier molecular flexibility index (Phi) is 5.33. The molecule has 1 aliphatic heterocycles. The lowest BCUT2D eigenvalue weighted by Gasteiger charge is -2.34. The zero-order valence-corrected chi connectivity index (χ0v) is 13.9. The summed E-state index contributed by atoms with van der Waals surface area (Å²) in [6, 6.07) is 11.7. The molecule has 0 amide bonds. The van der Waals surface area contributed by atoms with E-state index in [1.165, 1.54) is 7.11 Å². The Hall–Kier alpha value is -2.11. The van der Waals surface area contributed by atoms with Crippen molar-refractivity contribution in [2.24, 2.45) is 5.92 Å². The molecule has 1 saturated heterocycles. The summed E-state index contributed by atoms with van der Waals surface area (Å²) >= 11 is 0. The Morgan fingerprint density at radius 2 is 2.04 bits per heavy atom. The van der Waals surface area contributed by atoms with Crippen LogP contribution in [0.2, 0.25) is 0 Å². The van der Waals surface area contributed by atoms with E-state index in [1.807, 2.05) is 42.6 Å². The minimum atomic E-state index is -0.383. The minimum absolute atomic E-state index is 0.306. The molecule has 5 heteroatoms. The number of methoxy groups -OCH3 is 1. The number of ether oxygens (including phenoxy) is 1. The first-order valence-electron chi connectivity index (χ1n) is 8.38. The van der Waals surface area contributed by atoms with Gasteiger partial charge in [0.25, 0.3) is 0 Å². The van der Waals surface area contributed by atoms with Crippen LogP contribution in [0.1, 0.15) is 40.6 Å². The molecule has 1 aromatic heterocycles. The first-order chi connectivity index (χ1) is 11.7. The molecule has 0 radical (unpaired) electrons. The lowest BCUT2D eigenvalue weighted by Crippen LogP contribution is -2.35. The summed E-state index contributed by atoms with van der Waals surface area (Å²) in [5.74, 6) is -0.0357. The topological polar surface area (TPSA) is 65.6 Å². The van der Waals surface area contributed by atoms with E-state index >= 15 is 0 Å². The third kappa shape index (κ3) is 3.86. The van der Waals surface area contributed by atoms with Gasteiger partial charge in [0, 0.05) is 12.7 Å². The highest BCUT2D eigenvalue weighted by Gasteiger charge is 2.26. The smallest absolute Gasteiger partial charge is 0.354 e. The Balaban J connectivity index is 1.52. The number of H-pyrrole nitrogens is 1. The lowest BCUT2D eigenvalue weighted by atomic mass is 9.87. The first-order valence-corrected chi connectivity index (χ1v) is 8.38. The molecular weight excluding hydrogens is 304 g/mol.